The molecule has 0 aromatic heterocycles. The highest BCUT2D eigenvalue weighted by Gasteiger charge is 2.23. The van der Waals surface area contributed by atoms with Crippen molar-refractivity contribution in [3.05, 3.63) is 33.4 Å². The number of hydrogen-bond acceptors (Lipinski definition) is 5. The first-order valence-electron chi connectivity index (χ1n) is 4.40. The highest BCUT2D eigenvalue weighted by atomic mass is 35.5. The standard InChI is InChI=1S/C10H7ClN2O4/c1-17-9-3-6(8(14)4-11)2-7(5-12)10(9)13(15)16/h2-3H,4H2,1H3. The number of nitriles is 1. The third-order valence-electron chi connectivity index (χ3n) is 2.04. The van der Waals surface area contributed by atoms with Gasteiger partial charge in [0, 0.05) is 5.56 Å². The first-order valence-corrected chi connectivity index (χ1v) is 4.94. The van der Waals surface area contributed by atoms with E-state index < -0.39 is 16.4 Å². The predicted molar refractivity (Wildman–Crippen MR) is 59.4 cm³/mol. The van der Waals surface area contributed by atoms with E-state index in [0.29, 0.717) is 0 Å². The van der Waals surface area contributed by atoms with Crippen LogP contribution >= 0.6 is 11.6 Å². The second kappa shape index (κ2) is 5.27. The van der Waals surface area contributed by atoms with E-state index in [1.807, 2.05) is 0 Å². The van der Waals surface area contributed by atoms with Gasteiger partial charge < -0.3 is 4.74 Å². The quantitative estimate of drug-likeness (QED) is 0.354. The fourth-order valence-electron chi connectivity index (χ4n) is 1.28. The number of benzene rings is 1. The lowest BCUT2D eigenvalue weighted by molar-refractivity contribution is -0.386. The summed E-state index contributed by atoms with van der Waals surface area (Å²) in [5.41, 5.74) is -0.581. The van der Waals surface area contributed by atoms with Gasteiger partial charge in [0.1, 0.15) is 11.6 Å². The Balaban J connectivity index is 3.51. The van der Waals surface area contributed by atoms with Crippen molar-refractivity contribution < 1.29 is 14.5 Å². The number of Topliss-reactive ketones (excluding diaryl/α,β-unsaturated/α-hetero) is 1. The molecule has 1 aromatic carbocycles. The van der Waals surface area contributed by atoms with Crippen LogP contribution in [0.3, 0.4) is 0 Å². The van der Waals surface area contributed by atoms with Crippen LogP contribution in [0.1, 0.15) is 15.9 Å². The van der Waals surface area contributed by atoms with Crippen LogP contribution in [0.5, 0.6) is 5.75 Å². The Morgan fingerprint density at radius 3 is 2.71 bits per heavy atom. The summed E-state index contributed by atoms with van der Waals surface area (Å²) in [4.78, 5) is 21.4. The van der Waals surface area contributed by atoms with Crippen LogP contribution in [-0.4, -0.2) is 23.7 Å². The Morgan fingerprint density at radius 2 is 2.29 bits per heavy atom. The molecule has 0 spiro atoms. The zero-order valence-corrected chi connectivity index (χ0v) is 9.52. The maximum Gasteiger partial charge on any atom is 0.328 e. The van der Waals surface area contributed by atoms with Gasteiger partial charge in [0.05, 0.1) is 17.9 Å². The number of hydrogen-bond donors (Lipinski definition) is 0. The van der Waals surface area contributed by atoms with Crippen LogP contribution in [0.2, 0.25) is 0 Å². The summed E-state index contributed by atoms with van der Waals surface area (Å²) in [7, 11) is 1.22. The van der Waals surface area contributed by atoms with E-state index in [1.54, 1.807) is 6.07 Å². The fraction of sp³-hybridized carbons (Fsp3) is 0.200. The molecule has 0 saturated heterocycles. The fourth-order valence-corrected chi connectivity index (χ4v) is 1.43. The third-order valence-corrected chi connectivity index (χ3v) is 2.28. The Hall–Kier alpha value is -2.13. The smallest absolute Gasteiger partial charge is 0.328 e. The molecule has 0 aliphatic carbocycles. The van der Waals surface area contributed by atoms with Crippen LogP contribution < -0.4 is 4.74 Å². The largest absolute Gasteiger partial charge is 0.490 e. The molecular formula is C10H7ClN2O4. The maximum atomic E-state index is 11.4. The van der Waals surface area contributed by atoms with Crippen LogP contribution in [0, 0.1) is 21.4 Å². The Labute approximate surface area is 102 Å². The number of carbonyl (C=O) groups is 1. The topological polar surface area (TPSA) is 93.2 Å². The molecule has 0 aliphatic heterocycles. The number of rotatable bonds is 4. The number of alkyl halides is 1. The average molecular weight is 255 g/mol. The van der Waals surface area contributed by atoms with Gasteiger partial charge in [-0.3, -0.25) is 14.9 Å². The van der Waals surface area contributed by atoms with E-state index in [-0.39, 0.29) is 22.8 Å². The molecule has 0 unspecified atom stereocenters. The van der Waals surface area contributed by atoms with Gasteiger partial charge in [-0.2, -0.15) is 5.26 Å². The van der Waals surface area contributed by atoms with Crippen molar-refractivity contribution in [3.63, 3.8) is 0 Å². The maximum absolute atomic E-state index is 11.4. The number of halogens is 1. The van der Waals surface area contributed by atoms with Crippen molar-refractivity contribution in [2.45, 2.75) is 0 Å². The molecule has 0 saturated carbocycles. The third kappa shape index (κ3) is 2.52. The first kappa shape index (κ1) is 12.9. The van der Waals surface area contributed by atoms with Gasteiger partial charge in [-0.15, -0.1) is 11.6 Å². The van der Waals surface area contributed by atoms with Gasteiger partial charge in [0.2, 0.25) is 0 Å². The van der Waals surface area contributed by atoms with E-state index in [0.717, 1.165) is 6.07 Å². The molecule has 0 atom stereocenters. The number of nitro benzene ring substituents is 1. The van der Waals surface area contributed by atoms with Crippen LogP contribution in [0.4, 0.5) is 5.69 Å². The van der Waals surface area contributed by atoms with Crippen molar-refractivity contribution >= 4 is 23.1 Å². The monoisotopic (exact) mass is 254 g/mol. The van der Waals surface area contributed by atoms with Crippen molar-refractivity contribution in [2.75, 3.05) is 13.0 Å². The van der Waals surface area contributed by atoms with Crippen LogP contribution in [-0.2, 0) is 0 Å². The minimum atomic E-state index is -0.730. The second-order valence-electron chi connectivity index (χ2n) is 3.00. The lowest BCUT2D eigenvalue weighted by Gasteiger charge is -2.05. The van der Waals surface area contributed by atoms with Crippen molar-refractivity contribution in [2.24, 2.45) is 0 Å². The van der Waals surface area contributed by atoms with Crippen molar-refractivity contribution in [3.8, 4) is 11.8 Å². The molecule has 17 heavy (non-hydrogen) atoms. The van der Waals surface area contributed by atoms with Gasteiger partial charge in [-0.1, -0.05) is 0 Å². The number of nitro groups is 1. The molecule has 0 bridgehead atoms. The summed E-state index contributed by atoms with van der Waals surface area (Å²) in [6.45, 7) is 0. The Bertz CT molecular complexity index is 522. The van der Waals surface area contributed by atoms with E-state index >= 15 is 0 Å². The van der Waals surface area contributed by atoms with Gasteiger partial charge >= 0.3 is 5.69 Å². The summed E-state index contributed by atoms with van der Waals surface area (Å²) in [5, 5.41) is 19.6. The van der Waals surface area contributed by atoms with Crippen LogP contribution in [0.15, 0.2) is 12.1 Å². The van der Waals surface area contributed by atoms with Gasteiger partial charge in [-0.05, 0) is 12.1 Å². The van der Waals surface area contributed by atoms with Gasteiger partial charge in [-0.25, -0.2) is 0 Å². The summed E-state index contributed by atoms with van der Waals surface area (Å²) >= 11 is 5.37. The summed E-state index contributed by atoms with van der Waals surface area (Å²) in [6, 6.07) is 3.98. The minimum absolute atomic E-state index is 0.110. The zero-order valence-electron chi connectivity index (χ0n) is 8.77. The van der Waals surface area contributed by atoms with Gasteiger partial charge in [0.15, 0.2) is 11.5 Å². The molecule has 0 aliphatic rings. The summed E-state index contributed by atoms with van der Waals surface area (Å²) < 4.78 is 4.80. The van der Waals surface area contributed by atoms with E-state index in [4.69, 9.17) is 21.6 Å². The molecule has 6 nitrogen and oxygen atoms in total. The molecule has 0 radical (unpaired) electrons. The summed E-state index contributed by atoms with van der Waals surface area (Å²) in [5.74, 6) is -0.842. The molecule has 0 N–H and O–H groups in total. The van der Waals surface area contributed by atoms with Gasteiger partial charge in [0.25, 0.3) is 0 Å². The lowest BCUT2D eigenvalue weighted by Crippen LogP contribution is -2.04. The minimum Gasteiger partial charge on any atom is -0.490 e. The molecule has 0 amide bonds. The predicted octanol–water partition coefficient (Wildman–Crippen LogP) is 1.90. The highest BCUT2D eigenvalue weighted by Crippen LogP contribution is 2.32. The van der Waals surface area contributed by atoms with Crippen molar-refractivity contribution in [1.29, 1.82) is 5.26 Å². The number of ether oxygens (including phenoxy) is 1. The van der Waals surface area contributed by atoms with Crippen molar-refractivity contribution in [1.82, 2.24) is 0 Å². The number of carbonyl (C=O) groups excluding carboxylic acids is 1. The Morgan fingerprint density at radius 1 is 1.65 bits per heavy atom. The average Bonchev–Trinajstić information content (AvgIpc) is 2.35. The molecule has 1 rings (SSSR count). The molecule has 0 fully saturated rings. The summed E-state index contributed by atoms with van der Waals surface area (Å²) in [6.07, 6.45) is 0. The first-order chi connectivity index (χ1) is 8.04. The second-order valence-corrected chi connectivity index (χ2v) is 3.27. The SMILES string of the molecule is COc1cc(C(=O)CCl)cc(C#N)c1[N+](=O)[O-]. The lowest BCUT2D eigenvalue weighted by atomic mass is 10.1. The molecule has 7 heteroatoms. The van der Waals surface area contributed by atoms with Crippen LogP contribution in [0.25, 0.3) is 0 Å². The van der Waals surface area contributed by atoms with E-state index in [9.17, 15) is 14.9 Å². The number of methoxy groups -OCH3 is 1. The molecular weight excluding hydrogens is 248 g/mol. The normalized spacial score (nSPS) is 9.47. The molecule has 0 heterocycles. The van der Waals surface area contributed by atoms with E-state index in [1.165, 1.54) is 13.2 Å². The highest BCUT2D eigenvalue weighted by molar-refractivity contribution is 6.30. The van der Waals surface area contributed by atoms with E-state index in [2.05, 4.69) is 0 Å². The Kier molecular flexibility index (Phi) is 4.01. The molecule has 88 valence electrons. The number of nitrogens with zero attached hydrogens (tertiary/aromatic N) is 2. The molecule has 1 aromatic rings. The zero-order chi connectivity index (χ0) is 13.0. The number of ketones is 1.